The largest absolute Gasteiger partial charge is 0.496 e. The van der Waals surface area contributed by atoms with E-state index in [0.717, 1.165) is 45.0 Å². The molecule has 1 aromatic rings. The van der Waals surface area contributed by atoms with Crippen LogP contribution in [0.2, 0.25) is 0 Å². The van der Waals surface area contributed by atoms with E-state index in [-0.39, 0.29) is 29.4 Å². The summed E-state index contributed by atoms with van der Waals surface area (Å²) in [5, 5.41) is 0. The minimum atomic E-state index is 0. The second kappa shape index (κ2) is 8.50. The number of aryl methyl sites for hydroxylation is 1. The van der Waals surface area contributed by atoms with Crippen molar-refractivity contribution in [3.8, 4) is 5.75 Å². The topological polar surface area (TPSA) is 21.7 Å². The number of benzene rings is 1. The average Bonchev–Trinajstić information content (AvgIpc) is 2.44. The van der Waals surface area contributed by atoms with Crippen molar-refractivity contribution in [2.45, 2.75) is 39.5 Å². The molecule has 0 aromatic heterocycles. The summed E-state index contributed by atoms with van der Waals surface area (Å²) in [5.41, 5.74) is 4.12. The zero-order valence-corrected chi connectivity index (χ0v) is 16.9. The summed E-state index contributed by atoms with van der Waals surface area (Å²) < 4.78 is 11.1. The van der Waals surface area contributed by atoms with Gasteiger partial charge in [-0.25, -0.2) is 0 Å². The Labute approximate surface area is 152 Å². The van der Waals surface area contributed by atoms with Crippen molar-refractivity contribution in [3.63, 3.8) is 0 Å². The first-order valence-electron chi connectivity index (χ1n) is 7.90. The first-order valence-corrected chi connectivity index (χ1v) is 7.90. The van der Waals surface area contributed by atoms with Crippen LogP contribution < -0.4 is 4.74 Å². The number of ether oxygens (including phenoxy) is 2. The molecule has 22 heavy (non-hydrogen) atoms. The summed E-state index contributed by atoms with van der Waals surface area (Å²) in [6.07, 6.45) is 1.04. The Bertz CT molecular complexity index is 477. The number of halogens is 1. The van der Waals surface area contributed by atoms with Crippen molar-refractivity contribution in [2.75, 3.05) is 40.0 Å². The molecular formula is C18H30INO2. The van der Waals surface area contributed by atoms with E-state index in [0.29, 0.717) is 0 Å². The molecule has 126 valence electrons. The third-order valence-electron chi connectivity index (χ3n) is 4.22. The highest BCUT2D eigenvalue weighted by Crippen LogP contribution is 2.31. The normalized spacial score (nSPS) is 16.2. The van der Waals surface area contributed by atoms with Gasteiger partial charge in [0.2, 0.25) is 0 Å². The predicted octanol–water partition coefficient (Wildman–Crippen LogP) is 3.79. The Balaban J connectivity index is 0.00000242. The number of methoxy groups -OCH3 is 1. The van der Waals surface area contributed by atoms with E-state index in [1.807, 2.05) is 0 Å². The van der Waals surface area contributed by atoms with Gasteiger partial charge in [-0.3, -0.25) is 4.90 Å². The maximum absolute atomic E-state index is 5.64. The summed E-state index contributed by atoms with van der Waals surface area (Å²) in [7, 11) is 1.78. The lowest BCUT2D eigenvalue weighted by molar-refractivity contribution is 0.0384. The van der Waals surface area contributed by atoms with Crippen LogP contribution in [0.15, 0.2) is 12.1 Å². The minimum absolute atomic E-state index is 0. The molecule has 0 spiro atoms. The van der Waals surface area contributed by atoms with Gasteiger partial charge in [-0.15, -0.1) is 24.0 Å². The van der Waals surface area contributed by atoms with E-state index in [9.17, 15) is 0 Å². The molecule has 1 aliphatic rings. The van der Waals surface area contributed by atoms with Crippen LogP contribution in [0.25, 0.3) is 0 Å². The van der Waals surface area contributed by atoms with E-state index < -0.39 is 0 Å². The standard InChI is InChI=1S/C18H29NO2.HI/c1-14-12-16(18(2,3)4)13-15(17(14)20-5)6-7-19-8-10-21-11-9-19;/h12-13H,6-11H2,1-5H3;1H. The smallest absolute Gasteiger partial charge is 0.125 e. The summed E-state index contributed by atoms with van der Waals surface area (Å²) in [6.45, 7) is 13.8. The third-order valence-corrected chi connectivity index (χ3v) is 4.22. The molecule has 0 radical (unpaired) electrons. The summed E-state index contributed by atoms with van der Waals surface area (Å²) in [5.74, 6) is 1.05. The molecule has 4 heteroatoms. The molecule has 0 unspecified atom stereocenters. The Morgan fingerprint density at radius 1 is 1.18 bits per heavy atom. The van der Waals surface area contributed by atoms with E-state index >= 15 is 0 Å². The highest BCUT2D eigenvalue weighted by Gasteiger charge is 2.19. The Kier molecular flexibility index (Phi) is 7.62. The van der Waals surface area contributed by atoms with Crippen molar-refractivity contribution in [1.29, 1.82) is 0 Å². The van der Waals surface area contributed by atoms with Crippen LogP contribution in [-0.2, 0) is 16.6 Å². The highest BCUT2D eigenvalue weighted by molar-refractivity contribution is 14.0. The average molecular weight is 419 g/mol. The second-order valence-corrected chi connectivity index (χ2v) is 6.94. The van der Waals surface area contributed by atoms with Crippen LogP contribution in [0.3, 0.4) is 0 Å². The molecule has 0 saturated carbocycles. The van der Waals surface area contributed by atoms with Gasteiger partial charge in [-0.2, -0.15) is 0 Å². The highest BCUT2D eigenvalue weighted by atomic mass is 127. The summed E-state index contributed by atoms with van der Waals surface area (Å²) >= 11 is 0. The summed E-state index contributed by atoms with van der Waals surface area (Å²) in [6, 6.07) is 4.59. The fraction of sp³-hybridized carbons (Fsp3) is 0.667. The Hall–Kier alpha value is -0.330. The van der Waals surface area contributed by atoms with Gasteiger partial charge < -0.3 is 9.47 Å². The van der Waals surface area contributed by atoms with Crippen LogP contribution >= 0.6 is 24.0 Å². The van der Waals surface area contributed by atoms with Crippen molar-refractivity contribution in [1.82, 2.24) is 4.90 Å². The first-order chi connectivity index (χ1) is 9.91. The molecule has 1 aliphatic heterocycles. The molecule has 0 bridgehead atoms. The van der Waals surface area contributed by atoms with Crippen molar-refractivity contribution >= 4 is 24.0 Å². The van der Waals surface area contributed by atoms with Crippen molar-refractivity contribution in [3.05, 3.63) is 28.8 Å². The molecule has 0 aliphatic carbocycles. The Morgan fingerprint density at radius 2 is 1.82 bits per heavy atom. The van der Waals surface area contributed by atoms with Gasteiger partial charge in [0, 0.05) is 19.6 Å². The second-order valence-electron chi connectivity index (χ2n) is 6.94. The maximum Gasteiger partial charge on any atom is 0.125 e. The van der Waals surface area contributed by atoms with E-state index in [1.165, 1.54) is 16.7 Å². The van der Waals surface area contributed by atoms with Gasteiger partial charge in [0.15, 0.2) is 0 Å². The van der Waals surface area contributed by atoms with Crippen LogP contribution in [0, 0.1) is 6.92 Å². The lowest BCUT2D eigenvalue weighted by Crippen LogP contribution is -2.37. The molecule has 3 nitrogen and oxygen atoms in total. The van der Waals surface area contributed by atoms with Crippen molar-refractivity contribution in [2.24, 2.45) is 0 Å². The van der Waals surface area contributed by atoms with Crippen LogP contribution in [0.5, 0.6) is 5.75 Å². The quantitative estimate of drug-likeness (QED) is 0.694. The lowest BCUT2D eigenvalue weighted by atomic mass is 9.84. The summed E-state index contributed by atoms with van der Waals surface area (Å²) in [4.78, 5) is 2.47. The monoisotopic (exact) mass is 419 g/mol. The molecule has 1 heterocycles. The number of nitrogens with zero attached hydrogens (tertiary/aromatic N) is 1. The molecule has 1 saturated heterocycles. The molecule has 0 atom stereocenters. The Morgan fingerprint density at radius 3 is 2.36 bits per heavy atom. The van der Waals surface area contributed by atoms with Gasteiger partial charge in [-0.1, -0.05) is 32.9 Å². The molecule has 2 rings (SSSR count). The first kappa shape index (κ1) is 19.7. The van der Waals surface area contributed by atoms with Crippen LogP contribution in [0.1, 0.15) is 37.5 Å². The molecule has 0 amide bonds. The van der Waals surface area contributed by atoms with Crippen molar-refractivity contribution < 1.29 is 9.47 Å². The lowest BCUT2D eigenvalue weighted by Gasteiger charge is -2.27. The number of hydrogen-bond acceptors (Lipinski definition) is 3. The van der Waals surface area contributed by atoms with Crippen LogP contribution in [0.4, 0.5) is 0 Å². The number of morpholine rings is 1. The fourth-order valence-electron chi connectivity index (χ4n) is 2.86. The van der Waals surface area contributed by atoms with Gasteiger partial charge in [0.1, 0.15) is 5.75 Å². The van der Waals surface area contributed by atoms with E-state index in [4.69, 9.17) is 9.47 Å². The minimum Gasteiger partial charge on any atom is -0.496 e. The molecule has 1 fully saturated rings. The van der Waals surface area contributed by atoms with Gasteiger partial charge in [0.05, 0.1) is 20.3 Å². The zero-order valence-electron chi connectivity index (χ0n) is 14.6. The number of rotatable bonds is 4. The fourth-order valence-corrected chi connectivity index (χ4v) is 2.86. The molecule has 1 aromatic carbocycles. The predicted molar refractivity (Wildman–Crippen MR) is 103 cm³/mol. The van der Waals surface area contributed by atoms with Gasteiger partial charge in [0.25, 0.3) is 0 Å². The van der Waals surface area contributed by atoms with Crippen LogP contribution in [-0.4, -0.2) is 44.9 Å². The van der Waals surface area contributed by atoms with E-state index in [2.05, 4.69) is 44.7 Å². The zero-order chi connectivity index (χ0) is 15.5. The number of hydrogen-bond donors (Lipinski definition) is 0. The molecular weight excluding hydrogens is 389 g/mol. The maximum atomic E-state index is 5.64. The van der Waals surface area contributed by atoms with Gasteiger partial charge >= 0.3 is 0 Å². The SMILES string of the molecule is COc1c(C)cc(C(C)(C)C)cc1CCN1CCOCC1.I. The van der Waals surface area contributed by atoms with E-state index in [1.54, 1.807) is 7.11 Å². The third kappa shape index (κ3) is 5.10. The molecule has 0 N–H and O–H groups in total. The van der Waals surface area contributed by atoms with Gasteiger partial charge in [-0.05, 0) is 35.4 Å².